The molecule has 2 rings (SSSR count). The van der Waals surface area contributed by atoms with Gasteiger partial charge in [-0.1, -0.05) is 37.7 Å². The van der Waals surface area contributed by atoms with Crippen molar-refractivity contribution in [3.8, 4) is 0 Å². The zero-order valence-electron chi connectivity index (χ0n) is 12.6. The Labute approximate surface area is 126 Å². The van der Waals surface area contributed by atoms with Crippen LogP contribution in [0.2, 0.25) is 0 Å². The Kier molecular flexibility index (Phi) is 5.21. The van der Waals surface area contributed by atoms with Gasteiger partial charge in [0, 0.05) is 22.0 Å². The van der Waals surface area contributed by atoms with Crippen molar-refractivity contribution in [3.05, 3.63) is 53.9 Å². The van der Waals surface area contributed by atoms with Gasteiger partial charge in [0.25, 0.3) is 0 Å². The van der Waals surface area contributed by atoms with E-state index in [1.165, 1.54) is 15.4 Å². The lowest BCUT2D eigenvalue weighted by atomic mass is 10.0. The largest absolute Gasteiger partial charge is 0.312 e. The fraction of sp³-hybridized carbons (Fsp3) is 0.353. The average molecular weight is 286 g/mol. The topological polar surface area (TPSA) is 24.9 Å². The van der Waals surface area contributed by atoms with Crippen molar-refractivity contribution in [1.82, 2.24) is 10.3 Å². The zero-order chi connectivity index (χ0) is 14.5. The fourth-order valence-electron chi connectivity index (χ4n) is 1.91. The molecule has 1 unspecified atom stereocenters. The number of benzene rings is 1. The Morgan fingerprint density at radius 2 is 1.60 bits per heavy atom. The smallest absolute Gasteiger partial charge is 0.0571 e. The quantitative estimate of drug-likeness (QED) is 0.867. The summed E-state index contributed by atoms with van der Waals surface area (Å²) in [5.41, 5.74) is 2.46. The van der Waals surface area contributed by atoms with Gasteiger partial charge in [-0.3, -0.25) is 4.98 Å². The van der Waals surface area contributed by atoms with Crippen LogP contribution in [-0.2, 0) is 0 Å². The summed E-state index contributed by atoms with van der Waals surface area (Å²) in [5, 5.41) is 3.20. The summed E-state index contributed by atoms with van der Waals surface area (Å²) >= 11 is 1.75. The highest BCUT2D eigenvalue weighted by atomic mass is 32.2. The third-order valence-corrected chi connectivity index (χ3v) is 4.40. The molecule has 106 valence electrons. The van der Waals surface area contributed by atoms with Crippen LogP contribution in [0.5, 0.6) is 0 Å². The van der Waals surface area contributed by atoms with Crippen molar-refractivity contribution >= 4 is 11.8 Å². The van der Waals surface area contributed by atoms with E-state index in [2.05, 4.69) is 67.5 Å². The minimum atomic E-state index is 0.291. The number of nitrogens with zero attached hydrogens (tertiary/aromatic N) is 1. The Hall–Kier alpha value is -1.32. The van der Waals surface area contributed by atoms with Crippen molar-refractivity contribution in [2.45, 2.75) is 42.5 Å². The number of hydrogen-bond donors (Lipinski definition) is 1. The molecule has 2 aromatic rings. The molecule has 2 nitrogen and oxygen atoms in total. The van der Waals surface area contributed by atoms with Gasteiger partial charge in [-0.15, -0.1) is 0 Å². The minimum Gasteiger partial charge on any atom is -0.312 e. The van der Waals surface area contributed by atoms with Gasteiger partial charge in [0.05, 0.1) is 5.69 Å². The van der Waals surface area contributed by atoms with Gasteiger partial charge in [0.1, 0.15) is 0 Å². The van der Waals surface area contributed by atoms with E-state index in [0.29, 0.717) is 12.0 Å². The first-order valence-corrected chi connectivity index (χ1v) is 7.83. The van der Waals surface area contributed by atoms with Crippen LogP contribution in [0.15, 0.2) is 52.4 Å². The van der Waals surface area contributed by atoms with E-state index in [4.69, 9.17) is 0 Å². The van der Waals surface area contributed by atoms with Gasteiger partial charge in [0.2, 0.25) is 0 Å². The average Bonchev–Trinajstić information content (AvgIpc) is 2.48. The van der Waals surface area contributed by atoms with Crippen LogP contribution in [-0.4, -0.2) is 12.0 Å². The monoisotopic (exact) mass is 286 g/mol. The normalized spacial score (nSPS) is 12.7. The van der Waals surface area contributed by atoms with E-state index < -0.39 is 0 Å². The first-order valence-electron chi connectivity index (χ1n) is 7.01. The molecule has 1 atom stereocenters. The molecule has 0 saturated heterocycles. The van der Waals surface area contributed by atoms with Crippen molar-refractivity contribution in [2.75, 3.05) is 7.05 Å². The van der Waals surface area contributed by atoms with Crippen LogP contribution < -0.4 is 5.32 Å². The summed E-state index contributed by atoms with van der Waals surface area (Å²) in [6, 6.07) is 13.3. The second-order valence-corrected chi connectivity index (χ2v) is 6.40. The van der Waals surface area contributed by atoms with E-state index in [0.717, 1.165) is 5.69 Å². The SMILES string of the molecule is CNC(C)c1ccc(Sc2ccc(C(C)C)cc2)cn1. The summed E-state index contributed by atoms with van der Waals surface area (Å²) in [4.78, 5) is 6.94. The summed E-state index contributed by atoms with van der Waals surface area (Å²) in [7, 11) is 1.95. The van der Waals surface area contributed by atoms with Gasteiger partial charge >= 0.3 is 0 Å². The van der Waals surface area contributed by atoms with Crippen LogP contribution in [0, 0.1) is 0 Å². The van der Waals surface area contributed by atoms with Crippen LogP contribution in [0.4, 0.5) is 0 Å². The molecule has 0 amide bonds. The van der Waals surface area contributed by atoms with Crippen molar-refractivity contribution < 1.29 is 0 Å². The zero-order valence-corrected chi connectivity index (χ0v) is 13.4. The molecule has 1 aromatic carbocycles. The summed E-state index contributed by atoms with van der Waals surface area (Å²) in [5.74, 6) is 0.582. The van der Waals surface area contributed by atoms with E-state index in [1.807, 2.05) is 13.2 Å². The molecule has 0 radical (unpaired) electrons. The van der Waals surface area contributed by atoms with Crippen LogP contribution in [0.1, 0.15) is 44.0 Å². The molecule has 0 saturated carbocycles. The molecule has 0 aliphatic carbocycles. The summed E-state index contributed by atoms with van der Waals surface area (Å²) in [6.07, 6.45) is 1.95. The standard InChI is InChI=1S/C17H22N2S/c1-12(2)14-5-7-15(8-6-14)20-16-9-10-17(19-11-16)13(3)18-4/h5-13,18H,1-4H3. The Morgan fingerprint density at radius 1 is 0.950 bits per heavy atom. The predicted octanol–water partition coefficient (Wildman–Crippen LogP) is 4.64. The molecule has 0 bridgehead atoms. The van der Waals surface area contributed by atoms with E-state index in [9.17, 15) is 0 Å². The van der Waals surface area contributed by atoms with E-state index >= 15 is 0 Å². The second kappa shape index (κ2) is 6.91. The van der Waals surface area contributed by atoms with Crippen molar-refractivity contribution in [3.63, 3.8) is 0 Å². The lowest BCUT2D eigenvalue weighted by Gasteiger charge is -2.10. The molecular formula is C17H22N2S. The lowest BCUT2D eigenvalue weighted by Crippen LogP contribution is -2.13. The summed E-state index contributed by atoms with van der Waals surface area (Å²) < 4.78 is 0. The number of pyridine rings is 1. The van der Waals surface area contributed by atoms with Crippen LogP contribution in [0.3, 0.4) is 0 Å². The van der Waals surface area contributed by atoms with Gasteiger partial charge < -0.3 is 5.32 Å². The molecule has 0 spiro atoms. The van der Waals surface area contributed by atoms with Gasteiger partial charge in [-0.2, -0.15) is 0 Å². The molecule has 20 heavy (non-hydrogen) atoms. The van der Waals surface area contributed by atoms with Crippen LogP contribution >= 0.6 is 11.8 Å². The molecule has 1 N–H and O–H groups in total. The highest BCUT2D eigenvalue weighted by molar-refractivity contribution is 7.99. The molecule has 0 aliphatic heterocycles. The Balaban J connectivity index is 2.06. The second-order valence-electron chi connectivity index (χ2n) is 5.25. The van der Waals surface area contributed by atoms with Gasteiger partial charge in [0.15, 0.2) is 0 Å². The number of hydrogen-bond acceptors (Lipinski definition) is 3. The first kappa shape index (κ1) is 15.1. The number of rotatable bonds is 5. The third-order valence-electron chi connectivity index (χ3n) is 3.42. The molecule has 0 aliphatic rings. The molecule has 1 aromatic heterocycles. The molecule has 1 heterocycles. The summed E-state index contributed by atoms with van der Waals surface area (Å²) in [6.45, 7) is 6.54. The van der Waals surface area contributed by atoms with Crippen molar-refractivity contribution in [1.29, 1.82) is 0 Å². The fourth-order valence-corrected chi connectivity index (χ4v) is 2.70. The third kappa shape index (κ3) is 3.84. The first-order chi connectivity index (χ1) is 9.60. The molecule has 0 fully saturated rings. The highest BCUT2D eigenvalue weighted by Crippen LogP contribution is 2.28. The van der Waals surface area contributed by atoms with Crippen LogP contribution in [0.25, 0.3) is 0 Å². The number of aromatic nitrogens is 1. The maximum Gasteiger partial charge on any atom is 0.0571 e. The van der Waals surface area contributed by atoms with Gasteiger partial charge in [-0.25, -0.2) is 0 Å². The Bertz CT molecular complexity index is 532. The predicted molar refractivity (Wildman–Crippen MR) is 86.4 cm³/mol. The van der Waals surface area contributed by atoms with Gasteiger partial charge in [-0.05, 0) is 49.7 Å². The highest BCUT2D eigenvalue weighted by Gasteiger charge is 2.05. The minimum absolute atomic E-state index is 0.291. The maximum atomic E-state index is 4.51. The van der Waals surface area contributed by atoms with E-state index in [1.54, 1.807) is 11.8 Å². The lowest BCUT2D eigenvalue weighted by molar-refractivity contribution is 0.631. The van der Waals surface area contributed by atoms with E-state index in [-0.39, 0.29) is 0 Å². The maximum absolute atomic E-state index is 4.51. The molecular weight excluding hydrogens is 264 g/mol. The Morgan fingerprint density at radius 3 is 2.10 bits per heavy atom. The number of nitrogens with one attached hydrogen (secondary N) is 1. The van der Waals surface area contributed by atoms with Crippen molar-refractivity contribution in [2.24, 2.45) is 0 Å². The molecule has 3 heteroatoms.